The number of ether oxygens (including phenoxy) is 1. The van der Waals surface area contributed by atoms with Gasteiger partial charge in [-0.1, -0.05) is 29.8 Å². The fraction of sp³-hybridized carbons (Fsp3) is 0.381. The number of aryl methyl sites for hydroxylation is 2. The van der Waals surface area contributed by atoms with Crippen molar-refractivity contribution in [2.24, 2.45) is 0 Å². The Morgan fingerprint density at radius 1 is 1.24 bits per heavy atom. The van der Waals surface area contributed by atoms with E-state index in [1.54, 1.807) is 7.05 Å². The van der Waals surface area contributed by atoms with E-state index in [0.29, 0.717) is 5.56 Å². The van der Waals surface area contributed by atoms with Gasteiger partial charge in [0.05, 0.1) is 6.61 Å². The quantitative estimate of drug-likeness (QED) is 0.894. The van der Waals surface area contributed by atoms with Crippen LogP contribution in [0.4, 0.5) is 0 Å². The molecule has 132 valence electrons. The molecular formula is C21H26N2O2. The molecule has 1 heterocycles. The predicted molar refractivity (Wildman–Crippen MR) is 100 cm³/mol. The molecule has 2 N–H and O–H groups in total. The Morgan fingerprint density at radius 2 is 2.08 bits per heavy atom. The maximum Gasteiger partial charge on any atom is 0.251 e. The molecule has 1 aliphatic rings. The molecule has 0 aromatic heterocycles. The van der Waals surface area contributed by atoms with Gasteiger partial charge in [-0.25, -0.2) is 0 Å². The van der Waals surface area contributed by atoms with Gasteiger partial charge in [-0.15, -0.1) is 0 Å². The van der Waals surface area contributed by atoms with Gasteiger partial charge >= 0.3 is 0 Å². The van der Waals surface area contributed by atoms with Gasteiger partial charge in [0.1, 0.15) is 5.75 Å². The van der Waals surface area contributed by atoms with Crippen LogP contribution in [0.5, 0.6) is 5.75 Å². The van der Waals surface area contributed by atoms with Crippen molar-refractivity contribution in [3.63, 3.8) is 0 Å². The molecule has 4 nitrogen and oxygen atoms in total. The van der Waals surface area contributed by atoms with Crippen LogP contribution >= 0.6 is 0 Å². The molecule has 25 heavy (non-hydrogen) atoms. The summed E-state index contributed by atoms with van der Waals surface area (Å²) in [6.07, 6.45) is 2.08. The number of fused-ring (bicyclic) bond motifs is 1. The molecule has 0 saturated heterocycles. The van der Waals surface area contributed by atoms with Crippen LogP contribution in [0.2, 0.25) is 0 Å². The minimum atomic E-state index is -0.0543. The Hall–Kier alpha value is -2.33. The monoisotopic (exact) mass is 338 g/mol. The van der Waals surface area contributed by atoms with E-state index in [2.05, 4.69) is 42.7 Å². The summed E-state index contributed by atoms with van der Waals surface area (Å²) in [4.78, 5) is 11.8. The molecule has 2 aromatic rings. The SMILES string of the molecule is CNC(=O)c1cccc(CNC2CCCOc3c(C)cc(C)cc32)c1. The highest BCUT2D eigenvalue weighted by Crippen LogP contribution is 2.35. The van der Waals surface area contributed by atoms with Crippen LogP contribution in [0.25, 0.3) is 0 Å². The third-order valence-corrected chi connectivity index (χ3v) is 4.68. The predicted octanol–water partition coefficient (Wildman–Crippen LogP) is 3.67. The zero-order valence-electron chi connectivity index (χ0n) is 15.2. The molecule has 0 fully saturated rings. The minimum Gasteiger partial charge on any atom is -0.493 e. The lowest BCUT2D eigenvalue weighted by Gasteiger charge is -2.20. The minimum absolute atomic E-state index is 0.0543. The number of benzene rings is 2. The first-order valence-electron chi connectivity index (χ1n) is 8.87. The third-order valence-electron chi connectivity index (χ3n) is 4.68. The van der Waals surface area contributed by atoms with Crippen molar-refractivity contribution in [3.05, 3.63) is 64.2 Å². The molecule has 0 saturated carbocycles. The summed E-state index contributed by atoms with van der Waals surface area (Å²) < 4.78 is 5.99. The number of rotatable bonds is 4. The average Bonchev–Trinajstić information content (AvgIpc) is 2.82. The van der Waals surface area contributed by atoms with E-state index in [1.807, 2.05) is 18.2 Å². The first-order valence-corrected chi connectivity index (χ1v) is 8.87. The van der Waals surface area contributed by atoms with Gasteiger partial charge in [-0.3, -0.25) is 4.79 Å². The van der Waals surface area contributed by atoms with Crippen LogP contribution in [0.1, 0.15) is 51.5 Å². The van der Waals surface area contributed by atoms with Crippen molar-refractivity contribution in [1.82, 2.24) is 10.6 Å². The zero-order chi connectivity index (χ0) is 17.8. The zero-order valence-corrected chi connectivity index (χ0v) is 15.2. The van der Waals surface area contributed by atoms with Crippen molar-refractivity contribution < 1.29 is 9.53 Å². The molecule has 3 rings (SSSR count). The number of hydrogen-bond donors (Lipinski definition) is 2. The number of carbonyl (C=O) groups is 1. The van der Waals surface area contributed by atoms with Crippen molar-refractivity contribution in [2.45, 2.75) is 39.3 Å². The summed E-state index contributed by atoms with van der Waals surface area (Å²) in [5, 5.41) is 6.33. The average molecular weight is 338 g/mol. The summed E-state index contributed by atoms with van der Waals surface area (Å²) in [5.74, 6) is 0.973. The van der Waals surface area contributed by atoms with Crippen LogP contribution in [0.15, 0.2) is 36.4 Å². The lowest BCUT2D eigenvalue weighted by Crippen LogP contribution is -2.22. The molecular weight excluding hydrogens is 312 g/mol. The Morgan fingerprint density at radius 3 is 2.88 bits per heavy atom. The highest BCUT2D eigenvalue weighted by Gasteiger charge is 2.21. The summed E-state index contributed by atoms with van der Waals surface area (Å²) in [7, 11) is 1.65. The fourth-order valence-electron chi connectivity index (χ4n) is 3.48. The van der Waals surface area contributed by atoms with Crippen LogP contribution < -0.4 is 15.4 Å². The van der Waals surface area contributed by atoms with E-state index in [0.717, 1.165) is 37.3 Å². The van der Waals surface area contributed by atoms with E-state index >= 15 is 0 Å². The first kappa shape index (κ1) is 17.5. The maximum atomic E-state index is 11.8. The van der Waals surface area contributed by atoms with Gasteiger partial charge in [0, 0.05) is 30.8 Å². The molecule has 0 spiro atoms. The second kappa shape index (κ2) is 7.70. The fourth-order valence-corrected chi connectivity index (χ4v) is 3.48. The van der Waals surface area contributed by atoms with Gasteiger partial charge in [-0.2, -0.15) is 0 Å². The van der Waals surface area contributed by atoms with Gasteiger partial charge in [0.15, 0.2) is 0 Å². The van der Waals surface area contributed by atoms with E-state index in [4.69, 9.17) is 4.74 Å². The number of nitrogens with one attached hydrogen (secondary N) is 2. The standard InChI is InChI=1S/C21H26N2O2/c1-14-10-15(2)20-18(11-14)19(8-5-9-25-20)23-13-16-6-4-7-17(12-16)21(24)22-3/h4,6-7,10-12,19,23H,5,8-9,13H2,1-3H3,(H,22,24). The summed E-state index contributed by atoms with van der Waals surface area (Å²) >= 11 is 0. The van der Waals surface area contributed by atoms with Crippen molar-refractivity contribution in [2.75, 3.05) is 13.7 Å². The van der Waals surface area contributed by atoms with Gasteiger partial charge < -0.3 is 15.4 Å². The van der Waals surface area contributed by atoms with Crippen LogP contribution in [0, 0.1) is 13.8 Å². The smallest absolute Gasteiger partial charge is 0.251 e. The summed E-state index contributed by atoms with van der Waals surface area (Å²) in [5.41, 5.74) is 5.51. The van der Waals surface area contributed by atoms with Crippen molar-refractivity contribution in [3.8, 4) is 5.75 Å². The molecule has 4 heteroatoms. The third kappa shape index (κ3) is 4.02. The van der Waals surface area contributed by atoms with E-state index in [-0.39, 0.29) is 11.9 Å². The largest absolute Gasteiger partial charge is 0.493 e. The molecule has 0 bridgehead atoms. The lowest BCUT2D eigenvalue weighted by molar-refractivity contribution is 0.0963. The topological polar surface area (TPSA) is 50.4 Å². The van der Waals surface area contributed by atoms with Gasteiger partial charge in [0.2, 0.25) is 0 Å². The maximum absolute atomic E-state index is 11.8. The van der Waals surface area contributed by atoms with Gasteiger partial charge in [0.25, 0.3) is 5.91 Å². The molecule has 1 amide bonds. The van der Waals surface area contributed by atoms with Crippen LogP contribution in [-0.2, 0) is 6.54 Å². The molecule has 1 aliphatic heterocycles. The van der Waals surface area contributed by atoms with Crippen molar-refractivity contribution in [1.29, 1.82) is 0 Å². The molecule has 2 aromatic carbocycles. The number of amides is 1. The first-order chi connectivity index (χ1) is 12.1. The van der Waals surface area contributed by atoms with Gasteiger partial charge in [-0.05, 0) is 49.9 Å². The molecule has 1 unspecified atom stereocenters. The van der Waals surface area contributed by atoms with E-state index in [9.17, 15) is 4.79 Å². The molecule has 0 aliphatic carbocycles. The highest BCUT2D eigenvalue weighted by atomic mass is 16.5. The number of carbonyl (C=O) groups excluding carboxylic acids is 1. The Kier molecular flexibility index (Phi) is 5.39. The van der Waals surface area contributed by atoms with Crippen molar-refractivity contribution >= 4 is 5.91 Å². The van der Waals surface area contributed by atoms with E-state index < -0.39 is 0 Å². The Labute approximate surface area is 149 Å². The second-order valence-corrected chi connectivity index (χ2v) is 6.70. The normalized spacial score (nSPS) is 16.5. The number of hydrogen-bond acceptors (Lipinski definition) is 3. The van der Waals surface area contributed by atoms with Crippen LogP contribution in [0.3, 0.4) is 0 Å². The summed E-state index contributed by atoms with van der Waals surface area (Å²) in [6, 6.07) is 12.4. The highest BCUT2D eigenvalue weighted by molar-refractivity contribution is 5.94. The van der Waals surface area contributed by atoms with E-state index in [1.165, 1.54) is 16.7 Å². The molecule has 0 radical (unpaired) electrons. The summed E-state index contributed by atoms with van der Waals surface area (Å²) in [6.45, 7) is 5.73. The lowest BCUT2D eigenvalue weighted by atomic mass is 9.97. The second-order valence-electron chi connectivity index (χ2n) is 6.70. The Bertz CT molecular complexity index is 770. The Balaban J connectivity index is 1.79. The molecule has 1 atom stereocenters. The van der Waals surface area contributed by atoms with Crippen LogP contribution in [-0.4, -0.2) is 19.6 Å².